The molecule has 34 heavy (non-hydrogen) atoms. The quantitative estimate of drug-likeness (QED) is 0.375. The van der Waals surface area contributed by atoms with Gasteiger partial charge in [0.05, 0.1) is 42.8 Å². The molecule has 4 heterocycles. The summed E-state index contributed by atoms with van der Waals surface area (Å²) >= 11 is 6.08. The number of hydrazone groups is 1. The molecular formula is C23H25ClN8O2. The molecule has 10 nitrogen and oxygen atoms in total. The van der Waals surface area contributed by atoms with Crippen molar-refractivity contribution in [3.63, 3.8) is 0 Å². The predicted molar refractivity (Wildman–Crippen MR) is 126 cm³/mol. The number of likely N-dealkylation sites (tertiary alicyclic amines) is 2. The van der Waals surface area contributed by atoms with Gasteiger partial charge in [-0.25, -0.2) is 5.01 Å². The average molecular weight is 481 g/mol. The van der Waals surface area contributed by atoms with Crippen molar-refractivity contribution in [2.75, 3.05) is 26.2 Å². The topological polar surface area (TPSA) is 102 Å². The number of carbonyl (C=O) groups excluding carboxylic acids is 1. The van der Waals surface area contributed by atoms with E-state index in [1.54, 1.807) is 9.85 Å². The Bertz CT molecular complexity index is 1190. The van der Waals surface area contributed by atoms with E-state index in [1.165, 1.54) is 0 Å². The summed E-state index contributed by atoms with van der Waals surface area (Å²) in [6.07, 6.45) is 3.20. The number of rotatable bonds is 4. The molecule has 1 amide bonds. The van der Waals surface area contributed by atoms with Gasteiger partial charge in [-0.1, -0.05) is 23.7 Å². The zero-order valence-electron chi connectivity index (χ0n) is 19.1. The zero-order chi connectivity index (χ0) is 23.8. The number of aromatic nitrogens is 2. The van der Waals surface area contributed by atoms with Crippen LogP contribution in [0, 0.1) is 25.3 Å². The van der Waals surface area contributed by atoms with Crippen LogP contribution in [0.4, 0.5) is 0 Å². The number of aliphatic imine (C=N–C) groups is 1. The third-order valence-corrected chi connectivity index (χ3v) is 6.50. The van der Waals surface area contributed by atoms with Gasteiger partial charge in [0.25, 0.3) is 0 Å². The first-order chi connectivity index (χ1) is 16.4. The molecule has 5 rings (SSSR count). The molecule has 1 aromatic carbocycles. The molecular weight excluding hydrogens is 456 g/mol. The van der Waals surface area contributed by atoms with Gasteiger partial charge in [-0.2, -0.15) is 10.4 Å². The number of hydrogen-bond acceptors (Lipinski definition) is 6. The molecule has 3 aliphatic heterocycles. The molecule has 0 spiro atoms. The Hall–Kier alpha value is -3.58. The number of amides is 1. The Morgan fingerprint density at radius 3 is 2.62 bits per heavy atom. The van der Waals surface area contributed by atoms with Crippen LogP contribution in [0.2, 0.25) is 5.02 Å². The van der Waals surface area contributed by atoms with Crippen LogP contribution in [0.5, 0.6) is 0 Å². The van der Waals surface area contributed by atoms with Crippen molar-refractivity contribution in [3.8, 4) is 6.19 Å². The van der Waals surface area contributed by atoms with E-state index in [0.717, 1.165) is 29.1 Å². The van der Waals surface area contributed by atoms with Crippen molar-refractivity contribution < 1.29 is 9.63 Å². The molecule has 176 valence electrons. The van der Waals surface area contributed by atoms with Gasteiger partial charge < -0.3 is 14.6 Å². The number of guanidine groups is 1. The minimum Gasteiger partial charge on any atom is -0.389 e. The van der Waals surface area contributed by atoms with E-state index in [4.69, 9.17) is 21.5 Å². The van der Waals surface area contributed by atoms with E-state index < -0.39 is 0 Å². The third-order valence-electron chi connectivity index (χ3n) is 6.24. The molecule has 2 fully saturated rings. The number of benzene rings is 1. The smallest absolute Gasteiger partial charge is 0.233 e. The summed E-state index contributed by atoms with van der Waals surface area (Å²) < 4.78 is 0. The largest absolute Gasteiger partial charge is 0.389 e. The minimum absolute atomic E-state index is 0.0832. The molecule has 0 bridgehead atoms. The predicted octanol–water partition coefficient (Wildman–Crippen LogP) is 1.81. The number of nitriles is 1. The molecule has 1 atom stereocenters. The Labute approximate surface area is 202 Å². The fourth-order valence-corrected chi connectivity index (χ4v) is 4.72. The summed E-state index contributed by atoms with van der Waals surface area (Å²) in [7, 11) is 0. The third kappa shape index (κ3) is 4.19. The summed E-state index contributed by atoms with van der Waals surface area (Å²) in [6, 6.07) is 9.17. The van der Waals surface area contributed by atoms with Crippen molar-refractivity contribution in [2.24, 2.45) is 10.1 Å². The van der Waals surface area contributed by atoms with E-state index >= 15 is 0 Å². The van der Waals surface area contributed by atoms with Gasteiger partial charge in [0.2, 0.25) is 18.1 Å². The standard InChI is InChI=1S/C23H25ClN8O2/c1-15-10-16(2)32(27-15)34-19-11-29(12-19)23(26-14-25)31-13-20(30-9-3-4-21(30)33)22(28-31)17-5-7-18(24)8-6-17/h5-8,10,19-20H,3-4,9,11-13H2,1-2H3. The summed E-state index contributed by atoms with van der Waals surface area (Å²) in [6.45, 7) is 6.09. The molecule has 0 radical (unpaired) electrons. The molecule has 0 N–H and O–H groups in total. The van der Waals surface area contributed by atoms with Crippen molar-refractivity contribution in [3.05, 3.63) is 52.3 Å². The number of aryl methyl sites for hydroxylation is 2. The lowest BCUT2D eigenvalue weighted by atomic mass is 10.0. The summed E-state index contributed by atoms with van der Waals surface area (Å²) in [5.74, 6) is 0.575. The highest BCUT2D eigenvalue weighted by Crippen LogP contribution is 2.26. The van der Waals surface area contributed by atoms with Crippen LogP contribution in [0.3, 0.4) is 0 Å². The average Bonchev–Trinajstić information content (AvgIpc) is 3.48. The number of halogens is 1. The van der Waals surface area contributed by atoms with Gasteiger partial charge in [0.15, 0.2) is 6.10 Å². The van der Waals surface area contributed by atoms with E-state index in [2.05, 4.69) is 10.1 Å². The van der Waals surface area contributed by atoms with Crippen LogP contribution in [0.25, 0.3) is 0 Å². The number of nitrogens with zero attached hydrogens (tertiary/aromatic N) is 8. The van der Waals surface area contributed by atoms with Crippen LogP contribution in [-0.2, 0) is 4.79 Å². The highest BCUT2D eigenvalue weighted by Gasteiger charge is 2.42. The number of carbonyl (C=O) groups is 1. The lowest BCUT2D eigenvalue weighted by Crippen LogP contribution is -2.61. The van der Waals surface area contributed by atoms with Crippen molar-refractivity contribution in [1.82, 2.24) is 24.8 Å². The molecule has 11 heteroatoms. The monoisotopic (exact) mass is 480 g/mol. The molecule has 0 aliphatic carbocycles. The SMILES string of the molecule is Cc1cc(C)n(OC2CN(C(=NC#N)N3CC(N4CCCC4=O)C(c4ccc(Cl)cc4)=N3)C2)n1. The van der Waals surface area contributed by atoms with Crippen molar-refractivity contribution in [2.45, 2.75) is 38.8 Å². The maximum atomic E-state index is 12.6. The second kappa shape index (κ2) is 8.99. The van der Waals surface area contributed by atoms with Crippen molar-refractivity contribution >= 4 is 29.2 Å². The van der Waals surface area contributed by atoms with E-state index in [-0.39, 0.29) is 18.1 Å². The van der Waals surface area contributed by atoms with Gasteiger partial charge in [-0.05, 0) is 38.5 Å². The van der Waals surface area contributed by atoms with E-state index in [1.807, 2.05) is 60.2 Å². The summed E-state index contributed by atoms with van der Waals surface area (Å²) in [4.78, 5) is 28.0. The highest BCUT2D eigenvalue weighted by molar-refractivity contribution is 6.30. The van der Waals surface area contributed by atoms with Gasteiger partial charge in [-0.3, -0.25) is 4.79 Å². The fourth-order valence-electron chi connectivity index (χ4n) is 4.59. The lowest BCUT2D eigenvalue weighted by molar-refractivity contribution is -0.128. The molecule has 3 aliphatic rings. The first-order valence-electron chi connectivity index (χ1n) is 11.3. The van der Waals surface area contributed by atoms with E-state index in [9.17, 15) is 10.1 Å². The number of hydrogen-bond donors (Lipinski definition) is 0. The first-order valence-corrected chi connectivity index (χ1v) is 11.6. The Kier molecular flexibility index (Phi) is 5.87. The van der Waals surface area contributed by atoms with Crippen LogP contribution in [-0.4, -0.2) is 80.7 Å². The molecule has 1 aromatic heterocycles. The lowest BCUT2D eigenvalue weighted by Gasteiger charge is -2.41. The molecule has 0 saturated carbocycles. The fraction of sp³-hybridized carbons (Fsp3) is 0.435. The second-order valence-corrected chi connectivity index (χ2v) is 9.16. The highest BCUT2D eigenvalue weighted by atomic mass is 35.5. The van der Waals surface area contributed by atoms with E-state index in [0.29, 0.717) is 43.6 Å². The van der Waals surface area contributed by atoms with Gasteiger partial charge >= 0.3 is 0 Å². The van der Waals surface area contributed by atoms with Gasteiger partial charge in [-0.15, -0.1) is 14.9 Å². The molecule has 2 aromatic rings. The molecule has 1 unspecified atom stereocenters. The summed E-state index contributed by atoms with van der Waals surface area (Å²) in [5.41, 5.74) is 3.48. The minimum atomic E-state index is -0.219. The van der Waals surface area contributed by atoms with Gasteiger partial charge in [0.1, 0.15) is 0 Å². The Balaban J connectivity index is 1.35. The van der Waals surface area contributed by atoms with Gasteiger partial charge in [0, 0.05) is 23.6 Å². The van der Waals surface area contributed by atoms with Crippen LogP contribution in [0.15, 0.2) is 40.4 Å². The van der Waals surface area contributed by atoms with Crippen LogP contribution >= 0.6 is 11.6 Å². The zero-order valence-corrected chi connectivity index (χ0v) is 19.8. The maximum absolute atomic E-state index is 12.6. The summed E-state index contributed by atoms with van der Waals surface area (Å²) in [5, 5.41) is 20.9. The van der Waals surface area contributed by atoms with Crippen LogP contribution < -0.4 is 4.84 Å². The Morgan fingerprint density at radius 2 is 2.00 bits per heavy atom. The first kappa shape index (κ1) is 22.2. The Morgan fingerprint density at radius 1 is 1.24 bits per heavy atom. The normalized spacial score (nSPS) is 21.1. The maximum Gasteiger partial charge on any atom is 0.233 e. The van der Waals surface area contributed by atoms with Crippen LogP contribution in [0.1, 0.15) is 29.8 Å². The second-order valence-electron chi connectivity index (χ2n) is 8.72. The van der Waals surface area contributed by atoms with Crippen molar-refractivity contribution in [1.29, 1.82) is 5.26 Å². The molecule has 2 saturated heterocycles.